The Morgan fingerprint density at radius 1 is 1.09 bits per heavy atom. The largest absolute Gasteiger partial charge is 0.497 e. The Kier molecular flexibility index (Phi) is 7.05. The molecule has 12 heteroatoms. The molecule has 0 spiro atoms. The Labute approximate surface area is 197 Å². The van der Waals surface area contributed by atoms with E-state index in [0.717, 1.165) is 5.56 Å². The minimum absolute atomic E-state index is 0.107. The van der Waals surface area contributed by atoms with E-state index >= 15 is 0 Å². The molecule has 2 aromatic carbocycles. The number of ether oxygens (including phenoxy) is 3. The number of carbonyl (C=O) groups is 1. The summed E-state index contributed by atoms with van der Waals surface area (Å²) in [5.74, 6) is 1.83. The van der Waals surface area contributed by atoms with Gasteiger partial charge in [-0.15, -0.1) is 16.4 Å². The number of hydrogen-bond donors (Lipinski definition) is 1. The van der Waals surface area contributed by atoms with Crippen molar-refractivity contribution < 1.29 is 19.0 Å². The Bertz CT molecular complexity index is 1260. The van der Waals surface area contributed by atoms with Crippen LogP contribution in [0.5, 0.6) is 17.2 Å². The van der Waals surface area contributed by atoms with E-state index in [1.165, 1.54) is 27.8 Å². The highest BCUT2D eigenvalue weighted by atomic mass is 32.2. The number of rotatable bonds is 9. The number of benzene rings is 2. The van der Waals surface area contributed by atoms with E-state index < -0.39 is 0 Å². The molecule has 0 unspecified atom stereocenters. The predicted octanol–water partition coefficient (Wildman–Crippen LogP) is 3.54. The molecule has 33 heavy (non-hydrogen) atoms. The van der Waals surface area contributed by atoms with E-state index in [9.17, 15) is 4.79 Å². The first-order valence-electron chi connectivity index (χ1n) is 9.65. The maximum Gasteiger partial charge on any atom is 0.236 e. The van der Waals surface area contributed by atoms with Crippen molar-refractivity contribution in [3.63, 3.8) is 0 Å². The van der Waals surface area contributed by atoms with E-state index in [4.69, 9.17) is 14.2 Å². The van der Waals surface area contributed by atoms with Crippen LogP contribution >= 0.6 is 23.1 Å². The number of thiazole rings is 1. The van der Waals surface area contributed by atoms with Crippen LogP contribution in [-0.2, 0) is 4.79 Å². The Balaban J connectivity index is 1.42. The number of nitrogens with one attached hydrogen (secondary N) is 1. The fraction of sp³-hybridized carbons (Fsp3) is 0.190. The van der Waals surface area contributed by atoms with Gasteiger partial charge >= 0.3 is 0 Å². The molecule has 4 rings (SSSR count). The molecule has 2 aromatic heterocycles. The maximum absolute atomic E-state index is 12.5. The summed E-state index contributed by atoms with van der Waals surface area (Å²) in [4.78, 5) is 17.0. The molecular weight excluding hydrogens is 464 g/mol. The van der Waals surface area contributed by atoms with Gasteiger partial charge in [-0.3, -0.25) is 4.79 Å². The summed E-state index contributed by atoms with van der Waals surface area (Å²) in [6.07, 6.45) is 0. The third kappa shape index (κ3) is 5.07. The van der Waals surface area contributed by atoms with Crippen molar-refractivity contribution in [2.24, 2.45) is 0 Å². The van der Waals surface area contributed by atoms with Crippen LogP contribution in [-0.4, -0.2) is 58.2 Å². The number of hydrogen-bond acceptors (Lipinski definition) is 10. The van der Waals surface area contributed by atoms with Crippen LogP contribution in [0.4, 0.5) is 5.13 Å². The van der Waals surface area contributed by atoms with Crippen molar-refractivity contribution in [2.45, 2.75) is 5.16 Å². The molecule has 0 aliphatic rings. The topological polar surface area (TPSA) is 113 Å². The Morgan fingerprint density at radius 2 is 1.91 bits per heavy atom. The first-order valence-corrected chi connectivity index (χ1v) is 11.5. The van der Waals surface area contributed by atoms with Crippen molar-refractivity contribution in [2.75, 3.05) is 32.4 Å². The molecule has 0 aliphatic heterocycles. The second-order valence-corrected chi connectivity index (χ2v) is 8.29. The summed E-state index contributed by atoms with van der Waals surface area (Å²) in [5, 5.41) is 17.4. The van der Waals surface area contributed by atoms with Gasteiger partial charge in [0.05, 0.1) is 32.8 Å². The van der Waals surface area contributed by atoms with Gasteiger partial charge in [0.1, 0.15) is 22.9 Å². The minimum atomic E-state index is -0.225. The molecule has 10 nitrogen and oxygen atoms in total. The normalized spacial score (nSPS) is 10.6. The maximum atomic E-state index is 12.5. The third-order valence-electron chi connectivity index (χ3n) is 4.52. The molecule has 1 N–H and O–H groups in total. The molecule has 0 bridgehead atoms. The second kappa shape index (κ2) is 10.3. The number of carbonyl (C=O) groups excluding carboxylic acids is 1. The van der Waals surface area contributed by atoms with Crippen molar-refractivity contribution >= 4 is 34.1 Å². The quantitative estimate of drug-likeness (QED) is 0.356. The van der Waals surface area contributed by atoms with Gasteiger partial charge in [-0.1, -0.05) is 23.9 Å². The van der Waals surface area contributed by atoms with Gasteiger partial charge in [-0.2, -0.15) is 4.68 Å². The average Bonchev–Trinajstić information content (AvgIpc) is 3.51. The molecule has 170 valence electrons. The van der Waals surface area contributed by atoms with Gasteiger partial charge in [0.15, 0.2) is 5.13 Å². The highest BCUT2D eigenvalue weighted by Gasteiger charge is 2.16. The zero-order chi connectivity index (χ0) is 23.2. The van der Waals surface area contributed by atoms with Crippen molar-refractivity contribution in [1.29, 1.82) is 0 Å². The van der Waals surface area contributed by atoms with Crippen LogP contribution in [0.15, 0.2) is 53.0 Å². The number of amides is 1. The summed E-state index contributed by atoms with van der Waals surface area (Å²) in [6, 6.07) is 12.9. The number of nitrogens with zero attached hydrogens (tertiary/aromatic N) is 5. The number of tetrazole rings is 1. The zero-order valence-corrected chi connectivity index (χ0v) is 19.6. The van der Waals surface area contributed by atoms with Gasteiger partial charge in [0, 0.05) is 17.0 Å². The lowest BCUT2D eigenvalue weighted by Crippen LogP contribution is -2.14. The van der Waals surface area contributed by atoms with E-state index in [1.807, 2.05) is 41.8 Å². The van der Waals surface area contributed by atoms with Crippen LogP contribution < -0.4 is 19.5 Å². The SMILES string of the molecule is COc1ccc(-c2csc(NC(=O)CSc3nnnn3-c3ccccc3OC)n2)c(OC)c1. The summed E-state index contributed by atoms with van der Waals surface area (Å²) in [6.45, 7) is 0. The lowest BCUT2D eigenvalue weighted by molar-refractivity contribution is -0.113. The van der Waals surface area contributed by atoms with Gasteiger partial charge < -0.3 is 19.5 Å². The number of aromatic nitrogens is 5. The molecule has 0 atom stereocenters. The van der Waals surface area contributed by atoms with Crippen LogP contribution in [0.1, 0.15) is 0 Å². The van der Waals surface area contributed by atoms with Gasteiger partial charge in [0.25, 0.3) is 0 Å². The Hall–Kier alpha value is -3.64. The molecule has 0 saturated carbocycles. The van der Waals surface area contributed by atoms with Gasteiger partial charge in [0.2, 0.25) is 11.1 Å². The lowest BCUT2D eigenvalue weighted by atomic mass is 10.1. The zero-order valence-electron chi connectivity index (χ0n) is 18.0. The number of thioether (sulfide) groups is 1. The van der Waals surface area contributed by atoms with Crippen LogP contribution in [0.3, 0.4) is 0 Å². The highest BCUT2D eigenvalue weighted by Crippen LogP contribution is 2.35. The standard InChI is InChI=1S/C21H20N6O4S2/c1-29-13-8-9-14(18(10-13)31-3)15-11-32-20(22-15)23-19(28)12-33-21-24-25-26-27(21)16-6-4-5-7-17(16)30-2/h4-11H,12H2,1-3H3,(H,22,23,28). The molecule has 1 amide bonds. The summed E-state index contributed by atoms with van der Waals surface area (Å²) in [5.41, 5.74) is 2.19. The first-order chi connectivity index (χ1) is 16.1. The van der Waals surface area contributed by atoms with E-state index in [1.54, 1.807) is 27.4 Å². The van der Waals surface area contributed by atoms with E-state index in [-0.39, 0.29) is 11.7 Å². The molecule has 0 aliphatic carbocycles. The van der Waals surface area contributed by atoms with Crippen LogP contribution in [0.2, 0.25) is 0 Å². The molecule has 4 aromatic rings. The van der Waals surface area contributed by atoms with E-state index in [0.29, 0.717) is 38.9 Å². The predicted molar refractivity (Wildman–Crippen MR) is 126 cm³/mol. The second-order valence-electron chi connectivity index (χ2n) is 6.49. The van der Waals surface area contributed by atoms with Crippen molar-refractivity contribution in [3.05, 3.63) is 47.8 Å². The smallest absolute Gasteiger partial charge is 0.236 e. The monoisotopic (exact) mass is 484 g/mol. The Morgan fingerprint density at radius 3 is 2.70 bits per heavy atom. The molecule has 0 radical (unpaired) electrons. The molecular formula is C21H20N6O4S2. The molecule has 0 saturated heterocycles. The third-order valence-corrected chi connectivity index (χ3v) is 6.20. The first kappa shape index (κ1) is 22.6. The number of anilines is 1. The summed E-state index contributed by atoms with van der Waals surface area (Å²) in [7, 11) is 4.76. The minimum Gasteiger partial charge on any atom is -0.497 e. The summed E-state index contributed by atoms with van der Waals surface area (Å²) < 4.78 is 17.6. The average molecular weight is 485 g/mol. The molecule has 0 fully saturated rings. The number of methoxy groups -OCH3 is 3. The molecule has 2 heterocycles. The van der Waals surface area contributed by atoms with Gasteiger partial charge in [-0.05, 0) is 34.7 Å². The fourth-order valence-corrected chi connectivity index (χ4v) is 4.39. The van der Waals surface area contributed by atoms with Crippen LogP contribution in [0.25, 0.3) is 16.9 Å². The van der Waals surface area contributed by atoms with Gasteiger partial charge in [-0.25, -0.2) is 4.98 Å². The van der Waals surface area contributed by atoms with Crippen molar-refractivity contribution in [1.82, 2.24) is 25.2 Å². The van der Waals surface area contributed by atoms with E-state index in [2.05, 4.69) is 25.8 Å². The van der Waals surface area contributed by atoms with Crippen molar-refractivity contribution in [3.8, 4) is 34.2 Å². The summed E-state index contributed by atoms with van der Waals surface area (Å²) >= 11 is 2.54. The lowest BCUT2D eigenvalue weighted by Gasteiger charge is -2.09. The number of para-hydroxylation sites is 2. The highest BCUT2D eigenvalue weighted by molar-refractivity contribution is 7.99. The fourth-order valence-electron chi connectivity index (χ4n) is 2.98. The van der Waals surface area contributed by atoms with Crippen LogP contribution in [0, 0.1) is 0 Å².